The van der Waals surface area contributed by atoms with Gasteiger partial charge >= 0.3 is 0 Å². The van der Waals surface area contributed by atoms with Gasteiger partial charge in [0.1, 0.15) is 5.75 Å². The number of carbonyl (C=O) groups excluding carboxylic acids is 2. The molecule has 2 aliphatic rings. The summed E-state index contributed by atoms with van der Waals surface area (Å²) in [6.07, 6.45) is 1.84. The maximum Gasteiger partial charge on any atom is 0.253 e. The first-order valence-electron chi connectivity index (χ1n) is 13.0. The highest BCUT2D eigenvalue weighted by Crippen LogP contribution is 2.35. The number of methoxy groups -OCH3 is 1. The summed E-state index contributed by atoms with van der Waals surface area (Å²) in [7, 11) is 1.66. The van der Waals surface area contributed by atoms with E-state index in [0.717, 1.165) is 41.3 Å². The second kappa shape index (κ2) is 10.9. The van der Waals surface area contributed by atoms with Gasteiger partial charge < -0.3 is 25.2 Å². The van der Waals surface area contributed by atoms with Gasteiger partial charge in [0.05, 0.1) is 24.9 Å². The fourth-order valence-corrected chi connectivity index (χ4v) is 5.16. The Morgan fingerprint density at radius 2 is 1.75 bits per heavy atom. The molecule has 3 aromatic carbocycles. The van der Waals surface area contributed by atoms with Crippen molar-refractivity contribution in [2.24, 2.45) is 0 Å². The first kappa shape index (κ1) is 25.6. The Hall–Kier alpha value is -4.63. The van der Waals surface area contributed by atoms with Gasteiger partial charge in [-0.3, -0.25) is 9.59 Å². The van der Waals surface area contributed by atoms with E-state index in [4.69, 9.17) is 21.3 Å². The maximum atomic E-state index is 13.2. The number of halogens is 1. The summed E-state index contributed by atoms with van der Waals surface area (Å²) in [4.78, 5) is 38.8. The number of amides is 2. The average molecular weight is 555 g/mol. The number of hydrogen-bond donors (Lipinski definition) is 2. The summed E-state index contributed by atoms with van der Waals surface area (Å²) in [5, 5.41) is 6.63. The van der Waals surface area contributed by atoms with Crippen LogP contribution in [-0.4, -0.2) is 60.0 Å². The zero-order chi connectivity index (χ0) is 27.6. The third kappa shape index (κ3) is 5.28. The number of benzene rings is 3. The van der Waals surface area contributed by atoms with Gasteiger partial charge in [0.25, 0.3) is 5.91 Å². The van der Waals surface area contributed by atoms with E-state index in [-0.39, 0.29) is 18.2 Å². The lowest BCUT2D eigenvalue weighted by Gasteiger charge is -2.36. The molecule has 0 aliphatic carbocycles. The van der Waals surface area contributed by atoms with Crippen LogP contribution in [0.25, 0.3) is 11.3 Å². The number of rotatable bonds is 5. The van der Waals surface area contributed by atoms with Crippen molar-refractivity contribution >= 4 is 46.4 Å². The number of piperazine rings is 1. The number of carbonyl (C=O) groups is 2. The van der Waals surface area contributed by atoms with Crippen LogP contribution in [-0.2, 0) is 11.2 Å². The van der Waals surface area contributed by atoms with Crippen molar-refractivity contribution in [3.63, 3.8) is 0 Å². The average Bonchev–Trinajstić information content (AvgIpc) is 3.12. The smallest absolute Gasteiger partial charge is 0.253 e. The molecule has 0 unspecified atom stereocenters. The van der Waals surface area contributed by atoms with Crippen molar-refractivity contribution in [3.05, 3.63) is 89.1 Å². The minimum Gasteiger partial charge on any atom is -0.497 e. The van der Waals surface area contributed by atoms with Crippen LogP contribution in [0.3, 0.4) is 0 Å². The highest BCUT2D eigenvalue weighted by atomic mass is 35.5. The van der Waals surface area contributed by atoms with Crippen LogP contribution >= 0.6 is 11.6 Å². The predicted molar refractivity (Wildman–Crippen MR) is 156 cm³/mol. The quantitative estimate of drug-likeness (QED) is 0.358. The van der Waals surface area contributed by atoms with Gasteiger partial charge in [-0.15, -0.1) is 0 Å². The Morgan fingerprint density at radius 1 is 1.00 bits per heavy atom. The van der Waals surface area contributed by atoms with Crippen molar-refractivity contribution < 1.29 is 14.3 Å². The van der Waals surface area contributed by atoms with Crippen molar-refractivity contribution in [1.29, 1.82) is 0 Å². The van der Waals surface area contributed by atoms with Gasteiger partial charge in [0.15, 0.2) is 0 Å². The summed E-state index contributed by atoms with van der Waals surface area (Å²) in [5.41, 5.74) is 5.30. The number of nitrogens with one attached hydrogen (secondary N) is 2. The van der Waals surface area contributed by atoms with Crippen molar-refractivity contribution in [2.75, 3.05) is 48.8 Å². The zero-order valence-corrected chi connectivity index (χ0v) is 22.6. The molecule has 10 heteroatoms. The first-order chi connectivity index (χ1) is 19.5. The molecule has 2 aliphatic heterocycles. The number of aromatic nitrogens is 2. The molecule has 6 rings (SSSR count). The second-order valence-corrected chi connectivity index (χ2v) is 10.1. The van der Waals surface area contributed by atoms with Crippen molar-refractivity contribution in [1.82, 2.24) is 14.9 Å². The Labute approximate surface area is 236 Å². The van der Waals surface area contributed by atoms with Crippen LogP contribution in [0.15, 0.2) is 72.9 Å². The summed E-state index contributed by atoms with van der Waals surface area (Å²) in [6.45, 7) is 2.84. The van der Waals surface area contributed by atoms with E-state index < -0.39 is 0 Å². The molecule has 0 radical (unpaired) electrons. The SMILES string of the molecule is COc1ccc(N2CCN(C(=O)c3ccc(Nc4ncc5c(n4)-c4ccc(Cl)cc4NC(=O)C5)cc3)CC2)cc1. The van der Waals surface area contributed by atoms with Gasteiger partial charge in [0.2, 0.25) is 11.9 Å². The number of anilines is 4. The zero-order valence-electron chi connectivity index (χ0n) is 21.9. The Kier molecular flexibility index (Phi) is 6.96. The van der Waals surface area contributed by atoms with Crippen LogP contribution in [0.5, 0.6) is 5.75 Å². The van der Waals surface area contributed by atoms with E-state index >= 15 is 0 Å². The molecule has 1 aromatic heterocycles. The van der Waals surface area contributed by atoms with Crippen molar-refractivity contribution in [3.8, 4) is 17.0 Å². The Morgan fingerprint density at radius 3 is 2.48 bits per heavy atom. The lowest BCUT2D eigenvalue weighted by atomic mass is 10.1. The van der Waals surface area contributed by atoms with E-state index in [2.05, 4.69) is 20.5 Å². The molecule has 0 bridgehead atoms. The third-order valence-corrected chi connectivity index (χ3v) is 7.35. The van der Waals surface area contributed by atoms with E-state index in [1.54, 1.807) is 25.4 Å². The maximum absolute atomic E-state index is 13.2. The monoisotopic (exact) mass is 554 g/mol. The number of ether oxygens (including phenoxy) is 1. The van der Waals surface area contributed by atoms with Crippen molar-refractivity contribution in [2.45, 2.75) is 6.42 Å². The number of fused-ring (bicyclic) bond motifs is 3. The summed E-state index contributed by atoms with van der Waals surface area (Å²) >= 11 is 6.14. The normalized spacial score (nSPS) is 14.5. The van der Waals surface area contributed by atoms with E-state index in [1.807, 2.05) is 59.5 Å². The standard InChI is InChI=1S/C30H27ClN6O3/c1-40-24-9-7-23(8-10-24)36-12-14-37(15-13-36)29(39)19-2-5-22(6-3-19)33-30-32-18-20-16-27(38)34-26-17-21(31)4-11-25(26)28(20)35-30/h2-11,17-18H,12-16H2,1H3,(H,34,38)(H,32,33,35). The molecule has 1 saturated heterocycles. The molecule has 2 amide bonds. The molecule has 2 N–H and O–H groups in total. The molecule has 1 fully saturated rings. The fraction of sp³-hybridized carbons (Fsp3) is 0.200. The molecular weight excluding hydrogens is 528 g/mol. The number of nitrogens with zero attached hydrogens (tertiary/aromatic N) is 4. The molecule has 9 nitrogen and oxygen atoms in total. The second-order valence-electron chi connectivity index (χ2n) is 9.66. The summed E-state index contributed by atoms with van der Waals surface area (Å²) in [5.74, 6) is 1.08. The minimum atomic E-state index is -0.144. The molecule has 202 valence electrons. The first-order valence-corrected chi connectivity index (χ1v) is 13.4. The lowest BCUT2D eigenvalue weighted by Crippen LogP contribution is -2.48. The Bertz CT molecular complexity index is 1570. The summed E-state index contributed by atoms with van der Waals surface area (Å²) in [6, 6.07) is 20.6. The van der Waals surface area contributed by atoms with E-state index in [9.17, 15) is 9.59 Å². The lowest BCUT2D eigenvalue weighted by molar-refractivity contribution is -0.115. The molecule has 4 aromatic rings. The Balaban J connectivity index is 1.12. The number of hydrogen-bond acceptors (Lipinski definition) is 7. The van der Waals surface area contributed by atoms with Gasteiger partial charge in [0, 0.05) is 65.5 Å². The van der Waals surface area contributed by atoms with Crippen LogP contribution in [0, 0.1) is 0 Å². The third-order valence-electron chi connectivity index (χ3n) is 7.12. The van der Waals surface area contributed by atoms with Gasteiger partial charge in [-0.05, 0) is 66.7 Å². The highest BCUT2D eigenvalue weighted by molar-refractivity contribution is 6.31. The van der Waals surface area contributed by atoms with Gasteiger partial charge in [-0.1, -0.05) is 11.6 Å². The molecule has 0 atom stereocenters. The molecule has 40 heavy (non-hydrogen) atoms. The molecule has 0 spiro atoms. The minimum absolute atomic E-state index is 0.00893. The molecular formula is C30H27ClN6O3. The molecule has 0 saturated carbocycles. The molecule has 3 heterocycles. The van der Waals surface area contributed by atoms with Crippen LogP contribution < -0.4 is 20.3 Å². The van der Waals surface area contributed by atoms with Crippen LogP contribution in [0.4, 0.5) is 23.0 Å². The van der Waals surface area contributed by atoms with E-state index in [1.165, 1.54) is 0 Å². The largest absolute Gasteiger partial charge is 0.497 e. The van der Waals surface area contributed by atoms with Crippen LogP contribution in [0.2, 0.25) is 5.02 Å². The predicted octanol–water partition coefficient (Wildman–Crippen LogP) is 5.01. The van der Waals surface area contributed by atoms with Gasteiger partial charge in [-0.25, -0.2) is 9.97 Å². The van der Waals surface area contributed by atoms with E-state index in [0.29, 0.717) is 41.0 Å². The highest BCUT2D eigenvalue weighted by Gasteiger charge is 2.23. The topological polar surface area (TPSA) is 99.7 Å². The van der Waals surface area contributed by atoms with Gasteiger partial charge in [-0.2, -0.15) is 0 Å². The summed E-state index contributed by atoms with van der Waals surface area (Å²) < 4.78 is 5.24. The van der Waals surface area contributed by atoms with Crippen LogP contribution in [0.1, 0.15) is 15.9 Å². The fourth-order valence-electron chi connectivity index (χ4n) is 4.99.